The molecule has 8 nitrogen and oxygen atoms in total. The van der Waals surface area contributed by atoms with E-state index >= 15 is 0 Å². The highest BCUT2D eigenvalue weighted by atomic mass is 35.5. The molecule has 0 aliphatic carbocycles. The molecule has 10 heteroatoms. The Bertz CT molecular complexity index is 1510. The highest BCUT2D eigenvalue weighted by Crippen LogP contribution is 2.32. The lowest BCUT2D eigenvalue weighted by Gasteiger charge is -2.40. The first-order chi connectivity index (χ1) is 19.7. The molecule has 1 fully saturated rings. The highest BCUT2D eigenvalue weighted by Gasteiger charge is 2.38. The predicted molar refractivity (Wildman–Crippen MR) is 167 cm³/mol. The van der Waals surface area contributed by atoms with Crippen LogP contribution in [0.2, 0.25) is 5.02 Å². The summed E-state index contributed by atoms with van der Waals surface area (Å²) in [6.07, 6.45) is 2.43. The van der Waals surface area contributed by atoms with E-state index in [1.807, 2.05) is 30.3 Å². The number of aryl methyl sites for hydroxylation is 1. The third-order valence-electron chi connectivity index (χ3n) is 7.72. The largest absolute Gasteiger partial charge is 0.388 e. The Morgan fingerprint density at radius 2 is 1.93 bits per heavy atom. The Balaban J connectivity index is 1.22. The van der Waals surface area contributed by atoms with Crippen LogP contribution in [0.5, 0.6) is 0 Å². The van der Waals surface area contributed by atoms with E-state index in [0.29, 0.717) is 44.7 Å². The zero-order chi connectivity index (χ0) is 29.1. The number of benzene rings is 2. The van der Waals surface area contributed by atoms with Crippen LogP contribution in [0.25, 0.3) is 16.1 Å². The second-order valence-corrected chi connectivity index (χ2v) is 12.0. The number of likely N-dealkylation sites (tertiary alicyclic amines) is 1. The van der Waals surface area contributed by atoms with Crippen molar-refractivity contribution in [1.29, 1.82) is 5.41 Å². The van der Waals surface area contributed by atoms with Crippen LogP contribution in [0.15, 0.2) is 64.6 Å². The second-order valence-electron chi connectivity index (χ2n) is 10.7. The fraction of sp³-hybridized carbons (Fsp3) is 0.323. The van der Waals surface area contributed by atoms with Crippen LogP contribution in [0.1, 0.15) is 35.1 Å². The molecule has 2 aromatic carbocycles. The molecule has 2 aliphatic rings. The number of piperidine rings is 1. The molecule has 1 amide bonds. The number of aliphatic hydroxyl groups is 1. The van der Waals surface area contributed by atoms with E-state index in [4.69, 9.17) is 22.7 Å². The molecule has 0 atom stereocenters. The van der Waals surface area contributed by atoms with Gasteiger partial charge in [-0.1, -0.05) is 48.0 Å². The maximum atomic E-state index is 13.2. The van der Waals surface area contributed by atoms with Crippen LogP contribution in [0.3, 0.4) is 0 Å². The van der Waals surface area contributed by atoms with Gasteiger partial charge >= 0.3 is 0 Å². The number of nitrogens with one attached hydrogen (secondary N) is 2. The standard InChI is InChI=1S/C31H35ClN6O2S/c1-20-13-26(41-17-20)23-7-8-24(25(32)14-23)16-37-11-9-31(40,10-12-37)18-38-19-36-29(27(34)30(38)39)28(35-2)22-5-3-21(15-33)4-6-22/h3-8,13-14,17,19,34-35,40H,9-12,15-16,18,33H2,1-2H3/b29-28+,34-27?. The van der Waals surface area contributed by atoms with Gasteiger partial charge in [0.25, 0.3) is 5.91 Å². The first kappa shape index (κ1) is 29.2. The number of halogens is 1. The zero-order valence-corrected chi connectivity index (χ0v) is 24.9. The lowest BCUT2D eigenvalue weighted by molar-refractivity contribution is -0.124. The maximum Gasteiger partial charge on any atom is 0.279 e. The van der Waals surface area contributed by atoms with Gasteiger partial charge in [-0.2, -0.15) is 0 Å². The fourth-order valence-corrected chi connectivity index (χ4v) is 6.39. The van der Waals surface area contributed by atoms with Gasteiger partial charge in [-0.05, 0) is 65.1 Å². The molecule has 5 N–H and O–H groups in total. The lowest BCUT2D eigenvalue weighted by Crippen LogP contribution is -2.53. The van der Waals surface area contributed by atoms with E-state index in [-0.39, 0.29) is 18.0 Å². The molecule has 5 rings (SSSR count). The molecule has 0 unspecified atom stereocenters. The van der Waals surface area contributed by atoms with Crippen LogP contribution in [-0.2, 0) is 17.9 Å². The summed E-state index contributed by atoms with van der Waals surface area (Å²) in [5, 5.41) is 25.9. The number of carbonyl (C=O) groups excluding carboxylic acids is 1. The van der Waals surface area contributed by atoms with Crippen molar-refractivity contribution >= 4 is 46.6 Å². The van der Waals surface area contributed by atoms with E-state index in [1.165, 1.54) is 21.7 Å². The third kappa shape index (κ3) is 6.45. The Morgan fingerprint density at radius 1 is 1.20 bits per heavy atom. The molecule has 2 aliphatic heterocycles. The van der Waals surface area contributed by atoms with Gasteiger partial charge in [0.05, 0.1) is 24.2 Å². The Labute approximate surface area is 249 Å². The van der Waals surface area contributed by atoms with Gasteiger partial charge in [0.2, 0.25) is 0 Å². The molecule has 0 spiro atoms. The van der Waals surface area contributed by atoms with Crippen LogP contribution in [0, 0.1) is 12.3 Å². The van der Waals surface area contributed by atoms with E-state index in [9.17, 15) is 9.90 Å². The highest BCUT2D eigenvalue weighted by molar-refractivity contribution is 7.13. The Morgan fingerprint density at radius 3 is 2.54 bits per heavy atom. The van der Waals surface area contributed by atoms with Gasteiger partial charge in [0.1, 0.15) is 11.4 Å². The van der Waals surface area contributed by atoms with Crippen LogP contribution >= 0.6 is 22.9 Å². The Kier molecular flexibility index (Phi) is 8.72. The molecule has 3 aromatic rings. The summed E-state index contributed by atoms with van der Waals surface area (Å²) in [6, 6.07) is 16.0. The summed E-state index contributed by atoms with van der Waals surface area (Å²) in [6.45, 7) is 4.65. The van der Waals surface area contributed by atoms with Gasteiger partial charge < -0.3 is 16.2 Å². The summed E-state index contributed by atoms with van der Waals surface area (Å²) in [4.78, 5) is 22.5. The van der Waals surface area contributed by atoms with Crippen molar-refractivity contribution in [3.8, 4) is 10.4 Å². The van der Waals surface area contributed by atoms with E-state index < -0.39 is 11.5 Å². The number of rotatable bonds is 8. The van der Waals surface area contributed by atoms with Crippen molar-refractivity contribution in [3.05, 3.63) is 86.9 Å². The van der Waals surface area contributed by atoms with Crippen molar-refractivity contribution in [2.45, 2.75) is 38.5 Å². The number of carbonyl (C=O) groups is 1. The van der Waals surface area contributed by atoms with Crippen LogP contribution < -0.4 is 11.1 Å². The summed E-state index contributed by atoms with van der Waals surface area (Å²) in [5.41, 5.74) is 10.5. The number of nitrogens with zero attached hydrogens (tertiary/aromatic N) is 3. The second kappa shape index (κ2) is 12.3. The topological polar surface area (TPSA) is 118 Å². The fourth-order valence-electron chi connectivity index (χ4n) is 5.25. The molecular formula is C31H35ClN6O2S. The summed E-state index contributed by atoms with van der Waals surface area (Å²) < 4.78 is 0. The smallest absolute Gasteiger partial charge is 0.279 e. The molecular weight excluding hydrogens is 556 g/mol. The first-order valence-electron chi connectivity index (χ1n) is 13.6. The molecule has 214 valence electrons. The number of aliphatic imine (C=N–C) groups is 1. The Hall–Kier alpha value is -3.34. The molecule has 1 saturated heterocycles. The zero-order valence-electron chi connectivity index (χ0n) is 23.3. The summed E-state index contributed by atoms with van der Waals surface area (Å²) in [5.74, 6) is -0.481. The minimum Gasteiger partial charge on any atom is -0.388 e. The minimum atomic E-state index is -1.06. The van der Waals surface area contributed by atoms with Gasteiger partial charge in [0.15, 0.2) is 0 Å². The van der Waals surface area contributed by atoms with Crippen molar-refractivity contribution in [2.75, 3.05) is 26.7 Å². The minimum absolute atomic E-state index is 0.0919. The quantitative estimate of drug-likeness (QED) is 0.305. The van der Waals surface area contributed by atoms with Gasteiger partial charge in [0, 0.05) is 43.1 Å². The van der Waals surface area contributed by atoms with Crippen LogP contribution in [-0.4, -0.2) is 65.1 Å². The average Bonchev–Trinajstić information content (AvgIpc) is 3.41. The van der Waals surface area contributed by atoms with Gasteiger partial charge in [-0.15, -0.1) is 11.3 Å². The van der Waals surface area contributed by atoms with E-state index in [1.54, 1.807) is 18.4 Å². The molecule has 0 saturated carbocycles. The lowest BCUT2D eigenvalue weighted by atomic mass is 9.90. The van der Waals surface area contributed by atoms with Crippen molar-refractivity contribution in [1.82, 2.24) is 15.1 Å². The summed E-state index contributed by atoms with van der Waals surface area (Å²) >= 11 is 8.37. The molecule has 1 aromatic heterocycles. The maximum absolute atomic E-state index is 13.2. The first-order valence-corrected chi connectivity index (χ1v) is 14.9. The molecule has 0 radical (unpaired) electrons. The average molecular weight is 591 g/mol. The number of β-amino-alcohol motifs (C(OH)–C–C–N with tert-alkyl or cyclic N) is 1. The van der Waals surface area contributed by atoms with E-state index in [2.05, 4.69) is 45.7 Å². The summed E-state index contributed by atoms with van der Waals surface area (Å²) in [7, 11) is 1.74. The molecule has 0 bridgehead atoms. The molecule has 41 heavy (non-hydrogen) atoms. The van der Waals surface area contributed by atoms with Crippen molar-refractivity contribution in [3.63, 3.8) is 0 Å². The van der Waals surface area contributed by atoms with Crippen molar-refractivity contribution < 1.29 is 9.90 Å². The number of hydrogen-bond acceptors (Lipinski definition) is 8. The predicted octanol–water partition coefficient (Wildman–Crippen LogP) is 4.64. The van der Waals surface area contributed by atoms with Gasteiger partial charge in [-0.3, -0.25) is 20.0 Å². The SMILES string of the molecule is CN/C(=C1/N=CN(CC2(O)CCN(Cc3ccc(-c4cc(C)cs4)cc3Cl)CC2)C(=O)C1=N)c1ccc(CN)cc1. The number of hydrogen-bond donors (Lipinski definition) is 4. The number of thiophene rings is 1. The number of nitrogens with two attached hydrogens (primary N) is 1. The molecule has 3 heterocycles. The monoisotopic (exact) mass is 590 g/mol. The van der Waals surface area contributed by atoms with E-state index in [0.717, 1.165) is 27.3 Å². The number of amides is 1. The van der Waals surface area contributed by atoms with Crippen LogP contribution in [0.4, 0.5) is 0 Å². The van der Waals surface area contributed by atoms with Gasteiger partial charge in [-0.25, -0.2) is 4.99 Å². The third-order valence-corrected chi connectivity index (χ3v) is 9.17. The van der Waals surface area contributed by atoms with Crippen molar-refractivity contribution in [2.24, 2.45) is 10.7 Å². The normalized spacial score (nSPS) is 18.6.